The van der Waals surface area contributed by atoms with Crippen LogP contribution in [0.2, 0.25) is 0 Å². The Labute approximate surface area is 228 Å². The van der Waals surface area contributed by atoms with Crippen molar-refractivity contribution in [2.45, 2.75) is 51.6 Å². The molecular weight excluding hydrogens is 490 g/mol. The summed E-state index contributed by atoms with van der Waals surface area (Å²) >= 11 is 1.78. The molecule has 38 heavy (non-hydrogen) atoms. The van der Waals surface area contributed by atoms with Crippen LogP contribution in [0.1, 0.15) is 60.3 Å². The Balaban J connectivity index is 1.31. The third kappa shape index (κ3) is 5.93. The van der Waals surface area contributed by atoms with Crippen molar-refractivity contribution in [2.75, 3.05) is 13.1 Å². The van der Waals surface area contributed by atoms with Crippen molar-refractivity contribution in [2.24, 2.45) is 0 Å². The van der Waals surface area contributed by atoms with Gasteiger partial charge in [0.25, 0.3) is 0 Å². The quantitative estimate of drug-likeness (QED) is 0.235. The number of aliphatic carboxylic acids is 1. The minimum Gasteiger partial charge on any atom is -0.489 e. The van der Waals surface area contributed by atoms with Gasteiger partial charge in [-0.2, -0.15) is 0 Å². The molecule has 1 saturated heterocycles. The maximum absolute atomic E-state index is 11.2. The van der Waals surface area contributed by atoms with Gasteiger partial charge in [0.05, 0.1) is 12.3 Å². The van der Waals surface area contributed by atoms with Crippen molar-refractivity contribution < 1.29 is 14.6 Å². The van der Waals surface area contributed by atoms with Crippen molar-refractivity contribution in [3.8, 4) is 28.7 Å². The summed E-state index contributed by atoms with van der Waals surface area (Å²) in [5, 5.41) is 16.2. The molecule has 0 radical (unpaired) electrons. The van der Waals surface area contributed by atoms with E-state index in [1.54, 1.807) is 18.3 Å². The van der Waals surface area contributed by atoms with Crippen LogP contribution in [0.15, 0.2) is 66.0 Å². The lowest BCUT2D eigenvalue weighted by molar-refractivity contribution is -0.137. The molecule has 0 spiro atoms. The first kappa shape index (κ1) is 26.0. The number of carbonyl (C=O) groups is 1. The second kappa shape index (κ2) is 11.9. The van der Waals surface area contributed by atoms with Crippen LogP contribution in [-0.2, 0) is 11.4 Å². The highest BCUT2D eigenvalue weighted by atomic mass is 32.1. The Hall–Kier alpha value is -3.59. The van der Waals surface area contributed by atoms with Gasteiger partial charge in [-0.1, -0.05) is 42.3 Å². The highest BCUT2D eigenvalue weighted by molar-refractivity contribution is 7.17. The van der Waals surface area contributed by atoms with Gasteiger partial charge in [-0.25, -0.2) is 0 Å². The molecule has 194 valence electrons. The first-order valence-electron chi connectivity index (χ1n) is 13.2. The Morgan fingerprint density at radius 3 is 2.58 bits per heavy atom. The highest BCUT2D eigenvalue weighted by Crippen LogP contribution is 2.38. The average molecular weight is 524 g/mol. The number of hydrogen-bond donors (Lipinski definition) is 2. The van der Waals surface area contributed by atoms with Crippen LogP contribution in [0.5, 0.6) is 5.75 Å². The smallest absolute Gasteiger partial charge is 0.304 e. The number of ether oxygens (including phenoxy) is 1. The summed E-state index contributed by atoms with van der Waals surface area (Å²) in [5.41, 5.74) is 7.38. The molecule has 0 saturated carbocycles. The van der Waals surface area contributed by atoms with Crippen molar-refractivity contribution in [1.82, 2.24) is 5.32 Å². The number of carboxylic acid groups (broad SMARTS) is 1. The molecule has 0 bridgehead atoms. The number of rotatable bonds is 8. The van der Waals surface area contributed by atoms with Gasteiger partial charge in [-0.15, -0.1) is 17.3 Å². The molecule has 1 aliphatic rings. The summed E-state index contributed by atoms with van der Waals surface area (Å²) in [5.74, 6) is 6.07. The number of thiophene rings is 1. The predicted octanol–water partition coefficient (Wildman–Crippen LogP) is 7.50. The third-order valence-corrected chi connectivity index (χ3v) is 8.34. The molecule has 4 nitrogen and oxygen atoms in total. The van der Waals surface area contributed by atoms with Gasteiger partial charge in [0, 0.05) is 15.6 Å². The fourth-order valence-electron chi connectivity index (χ4n) is 5.34. The van der Waals surface area contributed by atoms with Crippen LogP contribution in [0, 0.1) is 18.8 Å². The summed E-state index contributed by atoms with van der Waals surface area (Å²) in [4.78, 5) is 11.2. The Kier molecular flexibility index (Phi) is 8.12. The molecular formula is C33H33NO3S. The zero-order chi connectivity index (χ0) is 26.5. The number of nitrogens with one attached hydrogen (secondary N) is 1. The second-order valence-electron chi connectivity index (χ2n) is 9.98. The number of carboxylic acids is 1. The molecule has 1 aromatic heterocycles. The lowest BCUT2D eigenvalue weighted by atomic mass is 9.87. The standard InChI is InChI=1S/C33H33NO3S/c1-3-4-26(19-33(35)36)24-6-9-28(10-7-24)37-20-23-5-12-32-30(18-23)31(21-38-32)29-11-8-27(17-22(29)2)25-13-15-34-16-14-25/h5-12,17-18,21,25-26,34H,13-16,19-20H2,1-2H3,(H,35,36). The van der Waals surface area contributed by atoms with Gasteiger partial charge in [0.15, 0.2) is 0 Å². The van der Waals surface area contributed by atoms with Crippen molar-refractivity contribution in [3.63, 3.8) is 0 Å². The van der Waals surface area contributed by atoms with Crippen LogP contribution in [-0.4, -0.2) is 24.2 Å². The lowest BCUT2D eigenvalue weighted by Gasteiger charge is -2.23. The summed E-state index contributed by atoms with van der Waals surface area (Å²) in [6, 6.07) is 21.2. The van der Waals surface area contributed by atoms with Crippen molar-refractivity contribution in [3.05, 3.63) is 88.3 Å². The number of fused-ring (bicyclic) bond motifs is 1. The van der Waals surface area contributed by atoms with Crippen LogP contribution >= 0.6 is 11.3 Å². The highest BCUT2D eigenvalue weighted by Gasteiger charge is 2.17. The molecule has 5 rings (SSSR count). The van der Waals surface area contributed by atoms with Crippen LogP contribution in [0.25, 0.3) is 21.2 Å². The molecule has 1 aliphatic heterocycles. The largest absolute Gasteiger partial charge is 0.489 e. The van der Waals surface area contributed by atoms with E-state index in [0.717, 1.165) is 30.0 Å². The van der Waals surface area contributed by atoms with Crippen LogP contribution in [0.3, 0.4) is 0 Å². The third-order valence-electron chi connectivity index (χ3n) is 7.37. The monoisotopic (exact) mass is 523 g/mol. The molecule has 2 heterocycles. The molecule has 5 heteroatoms. The number of benzene rings is 3. The topological polar surface area (TPSA) is 58.6 Å². The first-order valence-corrected chi connectivity index (χ1v) is 14.1. The van der Waals surface area contributed by atoms with Gasteiger partial charge in [0.1, 0.15) is 12.4 Å². The molecule has 1 atom stereocenters. The Morgan fingerprint density at radius 1 is 1.08 bits per heavy atom. The van der Waals surface area contributed by atoms with E-state index in [-0.39, 0.29) is 12.3 Å². The van der Waals surface area contributed by atoms with E-state index < -0.39 is 5.97 Å². The first-order chi connectivity index (χ1) is 18.5. The Morgan fingerprint density at radius 2 is 1.87 bits per heavy atom. The summed E-state index contributed by atoms with van der Waals surface area (Å²) < 4.78 is 7.37. The maximum Gasteiger partial charge on any atom is 0.304 e. The minimum atomic E-state index is -0.853. The van der Waals surface area contributed by atoms with Gasteiger partial charge in [-0.3, -0.25) is 4.79 Å². The van der Waals surface area contributed by atoms with E-state index >= 15 is 0 Å². The van der Waals surface area contributed by atoms with Crippen molar-refractivity contribution in [1.29, 1.82) is 0 Å². The van der Waals surface area contributed by atoms with Crippen LogP contribution < -0.4 is 10.1 Å². The maximum atomic E-state index is 11.2. The fraction of sp³-hybridized carbons (Fsp3) is 0.303. The van der Waals surface area contributed by atoms with E-state index in [2.05, 4.69) is 65.9 Å². The zero-order valence-electron chi connectivity index (χ0n) is 21.9. The van der Waals surface area contributed by atoms with Gasteiger partial charge >= 0.3 is 5.97 Å². The van der Waals surface area contributed by atoms with Gasteiger partial charge in [-0.05, 0) is 103 Å². The number of piperidine rings is 1. The summed E-state index contributed by atoms with van der Waals surface area (Å²) in [7, 11) is 0. The van der Waals surface area contributed by atoms with Gasteiger partial charge < -0.3 is 15.2 Å². The molecule has 4 aromatic rings. The van der Waals surface area contributed by atoms with Crippen LogP contribution in [0.4, 0.5) is 0 Å². The molecule has 0 amide bonds. The van der Waals surface area contributed by atoms with E-state index in [1.807, 2.05) is 24.3 Å². The average Bonchev–Trinajstić information content (AvgIpc) is 3.35. The lowest BCUT2D eigenvalue weighted by Crippen LogP contribution is -2.26. The van der Waals surface area contributed by atoms with E-state index in [1.165, 1.54) is 45.2 Å². The van der Waals surface area contributed by atoms with E-state index in [0.29, 0.717) is 12.5 Å². The number of hydrogen-bond acceptors (Lipinski definition) is 4. The van der Waals surface area contributed by atoms with Gasteiger partial charge in [0.2, 0.25) is 0 Å². The second-order valence-corrected chi connectivity index (χ2v) is 10.9. The number of aryl methyl sites for hydroxylation is 1. The molecule has 3 aromatic carbocycles. The molecule has 2 N–H and O–H groups in total. The SMILES string of the molecule is CC#CC(CC(=O)O)c1ccc(OCc2ccc3scc(-c4ccc(C5CCNCC5)cc4C)c3c2)cc1. The van der Waals surface area contributed by atoms with Crippen molar-refractivity contribution >= 4 is 27.4 Å². The molecule has 1 unspecified atom stereocenters. The summed E-state index contributed by atoms with van der Waals surface area (Å²) in [6.45, 7) is 6.63. The molecule has 0 aliphatic carbocycles. The summed E-state index contributed by atoms with van der Waals surface area (Å²) in [6.07, 6.45) is 2.41. The fourth-order valence-corrected chi connectivity index (χ4v) is 6.28. The Bertz CT molecular complexity index is 1490. The minimum absolute atomic E-state index is 0.00963. The van der Waals surface area contributed by atoms with E-state index in [9.17, 15) is 9.90 Å². The zero-order valence-corrected chi connectivity index (χ0v) is 22.7. The molecule has 1 fully saturated rings. The van der Waals surface area contributed by atoms with E-state index in [4.69, 9.17) is 4.74 Å². The normalized spacial score (nSPS) is 14.6. The predicted molar refractivity (Wildman–Crippen MR) is 156 cm³/mol.